The summed E-state index contributed by atoms with van der Waals surface area (Å²) < 4.78 is 4.85. The smallest absolute Gasteiger partial charge is 0.234 e. The molecule has 0 bridgehead atoms. The van der Waals surface area contributed by atoms with Gasteiger partial charge in [-0.1, -0.05) is 76.3 Å². The summed E-state index contributed by atoms with van der Waals surface area (Å²) in [6, 6.07) is 10.7. The summed E-state index contributed by atoms with van der Waals surface area (Å²) in [7, 11) is 0. The summed E-state index contributed by atoms with van der Waals surface area (Å²) in [5, 5.41) is 0. The van der Waals surface area contributed by atoms with Gasteiger partial charge in [0.15, 0.2) is 0 Å². The second kappa shape index (κ2) is 10.3. The Balaban J connectivity index is 1.81. The molecule has 0 unspecified atom stereocenters. The van der Waals surface area contributed by atoms with Crippen molar-refractivity contribution in [3.63, 3.8) is 0 Å². The highest BCUT2D eigenvalue weighted by Crippen LogP contribution is 2.09. The zero-order valence-electron chi connectivity index (χ0n) is 15.0. The van der Waals surface area contributed by atoms with Gasteiger partial charge < -0.3 is 0 Å². The molecular weight excluding hydrogens is 280 g/mol. The second-order valence-electron chi connectivity index (χ2n) is 6.50. The van der Waals surface area contributed by atoms with Crippen molar-refractivity contribution in [3.8, 4) is 0 Å². The van der Waals surface area contributed by atoms with Gasteiger partial charge in [-0.25, -0.2) is 9.13 Å². The van der Waals surface area contributed by atoms with Crippen LogP contribution in [0.2, 0.25) is 0 Å². The predicted octanol–water partition coefficient (Wildman–Crippen LogP) is 5.14. The molecule has 2 nitrogen and oxygen atoms in total. The van der Waals surface area contributed by atoms with E-state index in [9.17, 15) is 0 Å². The molecule has 2 rings (SSSR count). The molecule has 0 spiro atoms. The van der Waals surface area contributed by atoms with Crippen LogP contribution in [-0.2, 0) is 19.5 Å². The number of aromatic nitrogens is 2. The van der Waals surface area contributed by atoms with Gasteiger partial charge in [0.25, 0.3) is 5.82 Å². The Morgan fingerprint density at radius 1 is 0.870 bits per heavy atom. The number of imidazole rings is 1. The normalized spacial score (nSPS) is 11.0. The fraction of sp³-hybridized carbons (Fsp3) is 0.571. The second-order valence-corrected chi connectivity index (χ2v) is 6.50. The van der Waals surface area contributed by atoms with Gasteiger partial charge in [0.1, 0.15) is 18.9 Å². The quantitative estimate of drug-likeness (QED) is 0.401. The van der Waals surface area contributed by atoms with Crippen molar-refractivity contribution in [3.05, 3.63) is 54.1 Å². The van der Waals surface area contributed by atoms with Gasteiger partial charge in [-0.2, -0.15) is 0 Å². The van der Waals surface area contributed by atoms with Crippen molar-refractivity contribution >= 4 is 0 Å². The molecule has 0 amide bonds. The molecule has 1 aromatic heterocycles. The molecule has 0 aliphatic rings. The molecule has 1 heterocycles. The zero-order chi connectivity index (χ0) is 16.3. The lowest BCUT2D eigenvalue weighted by Crippen LogP contribution is -2.37. The maximum atomic E-state index is 2.45. The van der Waals surface area contributed by atoms with Crippen LogP contribution in [0.15, 0.2) is 42.7 Å². The van der Waals surface area contributed by atoms with E-state index in [4.69, 9.17) is 0 Å². The van der Waals surface area contributed by atoms with Crippen LogP contribution >= 0.6 is 0 Å². The number of aryl methyl sites for hydroxylation is 1. The first-order valence-corrected chi connectivity index (χ1v) is 9.46. The predicted molar refractivity (Wildman–Crippen MR) is 97.5 cm³/mol. The summed E-state index contributed by atoms with van der Waals surface area (Å²) in [6.07, 6.45) is 15.2. The third-order valence-corrected chi connectivity index (χ3v) is 4.60. The van der Waals surface area contributed by atoms with E-state index < -0.39 is 0 Å². The Kier molecular flexibility index (Phi) is 7.92. The Morgan fingerprint density at radius 3 is 2.26 bits per heavy atom. The highest BCUT2D eigenvalue weighted by atomic mass is 15.1. The topological polar surface area (TPSA) is 8.81 Å². The minimum atomic E-state index is 0.980. The zero-order valence-corrected chi connectivity index (χ0v) is 15.0. The molecule has 0 aliphatic heterocycles. The van der Waals surface area contributed by atoms with Crippen molar-refractivity contribution < 1.29 is 4.57 Å². The lowest BCUT2D eigenvalue weighted by Gasteiger charge is -2.04. The van der Waals surface area contributed by atoms with E-state index in [-0.39, 0.29) is 0 Å². The monoisotopic (exact) mass is 313 g/mol. The van der Waals surface area contributed by atoms with E-state index >= 15 is 0 Å². The average Bonchev–Trinajstić information content (AvgIpc) is 2.96. The first-order chi connectivity index (χ1) is 11.3. The molecule has 2 heteroatoms. The van der Waals surface area contributed by atoms with E-state index in [0.717, 1.165) is 13.0 Å². The molecule has 0 N–H and O–H groups in total. The maximum Gasteiger partial charge on any atom is 0.256 e. The molecule has 23 heavy (non-hydrogen) atoms. The van der Waals surface area contributed by atoms with Crippen molar-refractivity contribution in [2.24, 2.45) is 0 Å². The molecular formula is C21H33N2+. The number of hydrogen-bond acceptors (Lipinski definition) is 0. The Hall–Kier alpha value is -1.57. The van der Waals surface area contributed by atoms with Gasteiger partial charge in [0, 0.05) is 6.42 Å². The van der Waals surface area contributed by atoms with E-state index in [0.29, 0.717) is 0 Å². The number of nitrogens with zero attached hydrogens (tertiary/aromatic N) is 2. The van der Waals surface area contributed by atoms with Crippen molar-refractivity contribution in [2.75, 3.05) is 0 Å². The number of hydrogen-bond donors (Lipinski definition) is 0. The van der Waals surface area contributed by atoms with E-state index in [2.05, 4.69) is 65.7 Å². The molecule has 0 fully saturated rings. The maximum absolute atomic E-state index is 2.45. The molecule has 1 aromatic carbocycles. The Bertz CT molecular complexity index is 542. The van der Waals surface area contributed by atoms with Gasteiger partial charge in [-0.3, -0.25) is 0 Å². The van der Waals surface area contributed by atoms with E-state index in [1.54, 1.807) is 0 Å². The molecule has 0 saturated carbocycles. The molecule has 126 valence electrons. The highest BCUT2D eigenvalue weighted by Gasteiger charge is 2.14. The van der Waals surface area contributed by atoms with Crippen molar-refractivity contribution in [1.29, 1.82) is 0 Å². The fourth-order valence-electron chi connectivity index (χ4n) is 3.27. The summed E-state index contributed by atoms with van der Waals surface area (Å²) in [5.41, 5.74) is 1.38. The molecule has 2 aromatic rings. The van der Waals surface area contributed by atoms with Crippen LogP contribution < -0.4 is 4.57 Å². The van der Waals surface area contributed by atoms with E-state index in [1.807, 2.05) is 0 Å². The van der Waals surface area contributed by atoms with Gasteiger partial charge >= 0.3 is 0 Å². The van der Waals surface area contributed by atoms with Gasteiger partial charge in [0.2, 0.25) is 0 Å². The van der Waals surface area contributed by atoms with Gasteiger partial charge in [-0.15, -0.1) is 0 Å². The SMILES string of the molecule is CCCCCCCCCn1cc[n+](Cc2ccccc2)c1CC. The van der Waals surface area contributed by atoms with Gasteiger partial charge in [-0.05, 0) is 18.4 Å². The van der Waals surface area contributed by atoms with Crippen LogP contribution in [0.1, 0.15) is 70.2 Å². The van der Waals surface area contributed by atoms with Crippen molar-refractivity contribution in [2.45, 2.75) is 78.3 Å². The average molecular weight is 314 g/mol. The Morgan fingerprint density at radius 2 is 1.57 bits per heavy atom. The van der Waals surface area contributed by atoms with Crippen LogP contribution in [0, 0.1) is 0 Å². The van der Waals surface area contributed by atoms with Gasteiger partial charge in [0.05, 0.1) is 6.54 Å². The van der Waals surface area contributed by atoms with Crippen LogP contribution in [0.5, 0.6) is 0 Å². The lowest BCUT2D eigenvalue weighted by atomic mass is 10.1. The summed E-state index contributed by atoms with van der Waals surface area (Å²) in [6.45, 7) is 6.69. The number of benzene rings is 1. The Labute approximate surface area is 142 Å². The minimum Gasteiger partial charge on any atom is -0.234 e. The molecule has 0 aliphatic carbocycles. The summed E-state index contributed by atoms with van der Waals surface area (Å²) in [5.74, 6) is 1.44. The van der Waals surface area contributed by atoms with Crippen molar-refractivity contribution in [1.82, 2.24) is 4.57 Å². The minimum absolute atomic E-state index is 0.980. The first-order valence-electron chi connectivity index (χ1n) is 9.46. The molecule has 0 atom stereocenters. The van der Waals surface area contributed by atoms with Crippen LogP contribution in [0.25, 0.3) is 0 Å². The lowest BCUT2D eigenvalue weighted by molar-refractivity contribution is -0.695. The van der Waals surface area contributed by atoms with E-state index in [1.165, 1.54) is 62.9 Å². The van der Waals surface area contributed by atoms with Crippen LogP contribution in [0.4, 0.5) is 0 Å². The standard InChI is InChI=1S/C21H33N2/c1-3-5-6-7-8-9-13-16-22-17-18-23(21(22)4-2)19-20-14-11-10-12-15-20/h10-12,14-15,17-18H,3-9,13,16,19H2,1-2H3/q+1. The largest absolute Gasteiger partial charge is 0.256 e. The molecule has 0 radical (unpaired) electrons. The summed E-state index contributed by atoms with van der Waals surface area (Å²) in [4.78, 5) is 0. The third-order valence-electron chi connectivity index (χ3n) is 4.60. The fourth-order valence-corrected chi connectivity index (χ4v) is 3.27. The summed E-state index contributed by atoms with van der Waals surface area (Å²) >= 11 is 0. The van der Waals surface area contributed by atoms with Crippen LogP contribution in [-0.4, -0.2) is 4.57 Å². The number of unbranched alkanes of at least 4 members (excludes halogenated alkanes) is 6. The number of rotatable bonds is 11. The molecule has 0 saturated heterocycles. The highest BCUT2D eigenvalue weighted by molar-refractivity contribution is 5.13. The third kappa shape index (κ3) is 5.85. The first kappa shape index (κ1) is 17.8. The van der Waals surface area contributed by atoms with Crippen LogP contribution in [0.3, 0.4) is 0 Å².